The summed E-state index contributed by atoms with van der Waals surface area (Å²) >= 11 is 0. The van der Waals surface area contributed by atoms with Gasteiger partial charge in [-0.15, -0.1) is 0 Å². The highest BCUT2D eigenvalue weighted by molar-refractivity contribution is 5.67. The van der Waals surface area contributed by atoms with Crippen LogP contribution in [0.4, 0.5) is 11.4 Å². The molecule has 2 fully saturated rings. The zero-order chi connectivity index (χ0) is 25.5. The Morgan fingerprint density at radius 3 is 1.70 bits per heavy atom. The Kier molecular flexibility index (Phi) is 8.14. The molecule has 0 saturated heterocycles. The van der Waals surface area contributed by atoms with Crippen LogP contribution in [0.2, 0.25) is 0 Å². The molecule has 6 heteroatoms. The van der Waals surface area contributed by atoms with Crippen LogP contribution in [0.15, 0.2) is 66.7 Å². The molecule has 3 N–H and O–H groups in total. The molecule has 0 spiro atoms. The number of hydrogen-bond donors (Lipinski definition) is 3. The minimum atomic E-state index is -0.820. The number of nitrogens with one attached hydrogen (secondary N) is 2. The molecule has 0 aromatic heterocycles. The normalized spacial score (nSPS) is 14.7. The molecule has 0 heterocycles. The molecule has 2 aliphatic rings. The molecule has 0 radical (unpaired) electrons. The summed E-state index contributed by atoms with van der Waals surface area (Å²) in [4.78, 5) is 11.2. The number of carboxylic acids is 1. The van der Waals surface area contributed by atoms with Gasteiger partial charge in [0.2, 0.25) is 0 Å². The largest absolute Gasteiger partial charge is 0.489 e. The number of benzene rings is 3. The fourth-order valence-electron chi connectivity index (χ4n) is 4.24. The van der Waals surface area contributed by atoms with E-state index in [4.69, 9.17) is 14.6 Å². The Morgan fingerprint density at radius 1 is 0.730 bits per heavy atom. The van der Waals surface area contributed by atoms with E-state index in [0.717, 1.165) is 53.0 Å². The first kappa shape index (κ1) is 25.0. The second kappa shape index (κ2) is 12.0. The number of rotatable bonds is 15. The summed E-state index contributed by atoms with van der Waals surface area (Å²) < 4.78 is 12.3. The molecular weight excluding hydrogens is 464 g/mol. The Morgan fingerprint density at radius 2 is 1.24 bits per heavy atom. The minimum Gasteiger partial charge on any atom is -0.489 e. The second-order valence-electron chi connectivity index (χ2n) is 10.3. The van der Waals surface area contributed by atoms with Crippen LogP contribution in [0.3, 0.4) is 0 Å². The van der Waals surface area contributed by atoms with Crippen LogP contribution in [0.5, 0.6) is 11.5 Å². The molecule has 2 aliphatic carbocycles. The van der Waals surface area contributed by atoms with Crippen molar-refractivity contribution >= 4 is 17.3 Å². The van der Waals surface area contributed by atoms with Gasteiger partial charge in [0.15, 0.2) is 0 Å². The van der Waals surface area contributed by atoms with Gasteiger partial charge in [0.25, 0.3) is 0 Å². The predicted molar refractivity (Wildman–Crippen MR) is 146 cm³/mol. The van der Waals surface area contributed by atoms with E-state index in [1.54, 1.807) is 0 Å². The maximum absolute atomic E-state index is 11.2. The number of ether oxygens (including phenoxy) is 2. The fourth-order valence-corrected chi connectivity index (χ4v) is 4.24. The second-order valence-corrected chi connectivity index (χ2v) is 10.3. The van der Waals surface area contributed by atoms with Gasteiger partial charge < -0.3 is 25.2 Å². The molecule has 0 atom stereocenters. The average Bonchev–Trinajstić information content (AvgIpc) is 3.83. The summed E-state index contributed by atoms with van der Waals surface area (Å²) in [6.45, 7) is 2.90. The Hall–Kier alpha value is -3.67. The smallest absolute Gasteiger partial charge is 0.303 e. The molecule has 6 nitrogen and oxygen atoms in total. The SMILES string of the molecule is O=C(O)CCc1cc(OCc2cccc(NCC3CC3)c2)cc(OCc2cccc(NCC3CC3)c2)c1. The Bertz CT molecular complexity index is 1120. The number of aliphatic carboxylic acids is 1. The molecule has 0 bridgehead atoms. The molecule has 5 rings (SSSR count). The van der Waals surface area contributed by atoms with Crippen molar-refractivity contribution in [3.8, 4) is 11.5 Å². The summed E-state index contributed by atoms with van der Waals surface area (Å²) in [5.74, 6) is 2.16. The number of aryl methyl sites for hydroxylation is 1. The van der Waals surface area contributed by atoms with E-state index in [0.29, 0.717) is 31.1 Å². The zero-order valence-corrected chi connectivity index (χ0v) is 21.2. The van der Waals surface area contributed by atoms with E-state index in [-0.39, 0.29) is 6.42 Å². The van der Waals surface area contributed by atoms with Gasteiger partial charge in [-0.1, -0.05) is 24.3 Å². The summed E-state index contributed by atoms with van der Waals surface area (Å²) in [7, 11) is 0. The maximum Gasteiger partial charge on any atom is 0.303 e. The van der Waals surface area contributed by atoms with Crippen molar-refractivity contribution in [2.45, 2.75) is 51.7 Å². The van der Waals surface area contributed by atoms with Crippen LogP contribution in [-0.2, 0) is 24.4 Å². The molecule has 0 unspecified atom stereocenters. The van der Waals surface area contributed by atoms with E-state index in [2.05, 4.69) is 47.0 Å². The quantitative estimate of drug-likeness (QED) is 0.221. The molecule has 0 amide bonds. The number of anilines is 2. The van der Waals surface area contributed by atoms with Gasteiger partial charge in [-0.3, -0.25) is 4.79 Å². The Labute approximate surface area is 219 Å². The van der Waals surface area contributed by atoms with Gasteiger partial charge in [-0.05, 0) is 97.0 Å². The van der Waals surface area contributed by atoms with E-state index >= 15 is 0 Å². The van der Waals surface area contributed by atoms with Crippen molar-refractivity contribution in [1.82, 2.24) is 0 Å². The van der Waals surface area contributed by atoms with Gasteiger partial charge >= 0.3 is 5.97 Å². The lowest BCUT2D eigenvalue weighted by atomic mass is 10.1. The lowest BCUT2D eigenvalue weighted by molar-refractivity contribution is -0.136. The molecule has 0 aliphatic heterocycles. The van der Waals surface area contributed by atoms with Crippen molar-refractivity contribution < 1.29 is 19.4 Å². The van der Waals surface area contributed by atoms with Crippen LogP contribution in [0.25, 0.3) is 0 Å². The summed E-state index contributed by atoms with van der Waals surface area (Å²) in [5.41, 5.74) is 5.27. The van der Waals surface area contributed by atoms with Gasteiger partial charge in [0.1, 0.15) is 24.7 Å². The summed E-state index contributed by atoms with van der Waals surface area (Å²) in [5, 5.41) is 16.2. The highest BCUT2D eigenvalue weighted by atomic mass is 16.5. The zero-order valence-electron chi connectivity index (χ0n) is 21.2. The molecule has 37 heavy (non-hydrogen) atoms. The molecule has 194 valence electrons. The first-order valence-electron chi connectivity index (χ1n) is 13.4. The van der Waals surface area contributed by atoms with Crippen LogP contribution >= 0.6 is 0 Å². The summed E-state index contributed by atoms with van der Waals surface area (Å²) in [6, 6.07) is 22.3. The highest BCUT2D eigenvalue weighted by Gasteiger charge is 2.21. The topological polar surface area (TPSA) is 79.8 Å². The fraction of sp³-hybridized carbons (Fsp3) is 0.387. The van der Waals surface area contributed by atoms with Gasteiger partial charge in [0.05, 0.1) is 0 Å². The number of carboxylic acid groups (broad SMARTS) is 1. The molecule has 3 aromatic carbocycles. The van der Waals surface area contributed by atoms with Crippen molar-refractivity contribution in [2.75, 3.05) is 23.7 Å². The van der Waals surface area contributed by atoms with Crippen molar-refractivity contribution in [3.05, 3.63) is 83.4 Å². The van der Waals surface area contributed by atoms with Crippen molar-refractivity contribution in [3.63, 3.8) is 0 Å². The number of hydrogen-bond acceptors (Lipinski definition) is 5. The average molecular weight is 501 g/mol. The monoisotopic (exact) mass is 500 g/mol. The third kappa shape index (κ3) is 8.45. The van der Waals surface area contributed by atoms with Crippen molar-refractivity contribution in [2.24, 2.45) is 11.8 Å². The van der Waals surface area contributed by atoms with Crippen LogP contribution < -0.4 is 20.1 Å². The van der Waals surface area contributed by atoms with Crippen LogP contribution in [-0.4, -0.2) is 24.2 Å². The van der Waals surface area contributed by atoms with Gasteiger partial charge in [-0.2, -0.15) is 0 Å². The predicted octanol–water partition coefficient (Wildman–Crippen LogP) is 6.51. The first-order chi connectivity index (χ1) is 18.1. The third-order valence-electron chi connectivity index (χ3n) is 6.82. The van der Waals surface area contributed by atoms with Crippen LogP contribution in [0.1, 0.15) is 48.8 Å². The molecule has 3 aromatic rings. The van der Waals surface area contributed by atoms with E-state index in [1.807, 2.05) is 30.3 Å². The van der Waals surface area contributed by atoms with Gasteiger partial charge in [0, 0.05) is 37.0 Å². The minimum absolute atomic E-state index is 0.0618. The Balaban J connectivity index is 1.22. The van der Waals surface area contributed by atoms with E-state index in [9.17, 15) is 4.79 Å². The standard InChI is InChI=1S/C31H36N2O4/c34-31(35)12-11-24-15-29(36-20-25-3-1-5-27(13-25)32-18-22-7-8-22)17-30(16-24)37-21-26-4-2-6-28(14-26)33-19-23-9-10-23/h1-6,13-17,22-23,32-33H,7-12,18-21H2,(H,34,35). The highest BCUT2D eigenvalue weighted by Crippen LogP contribution is 2.30. The number of carbonyl (C=O) groups is 1. The van der Waals surface area contributed by atoms with E-state index < -0.39 is 5.97 Å². The van der Waals surface area contributed by atoms with E-state index in [1.165, 1.54) is 25.7 Å². The van der Waals surface area contributed by atoms with Gasteiger partial charge in [-0.25, -0.2) is 0 Å². The molecule has 2 saturated carbocycles. The van der Waals surface area contributed by atoms with Crippen molar-refractivity contribution in [1.29, 1.82) is 0 Å². The maximum atomic E-state index is 11.2. The molecular formula is C31H36N2O4. The third-order valence-corrected chi connectivity index (χ3v) is 6.82. The lowest BCUT2D eigenvalue weighted by Gasteiger charge is -2.14. The first-order valence-corrected chi connectivity index (χ1v) is 13.4. The lowest BCUT2D eigenvalue weighted by Crippen LogP contribution is -2.05. The van der Waals surface area contributed by atoms with Crippen LogP contribution in [0, 0.1) is 11.8 Å². The summed E-state index contributed by atoms with van der Waals surface area (Å²) in [6.07, 6.45) is 5.76.